The summed E-state index contributed by atoms with van der Waals surface area (Å²) in [5.41, 5.74) is 10.1. The molecule has 0 fully saturated rings. The van der Waals surface area contributed by atoms with Crippen molar-refractivity contribution in [1.82, 2.24) is 4.98 Å². The van der Waals surface area contributed by atoms with E-state index in [4.69, 9.17) is 4.98 Å². The average Bonchev–Trinajstić information content (AvgIpc) is 2.93. The van der Waals surface area contributed by atoms with Gasteiger partial charge in [-0.15, -0.1) is 0 Å². The highest BCUT2D eigenvalue weighted by Crippen LogP contribution is 2.54. The van der Waals surface area contributed by atoms with E-state index in [0.717, 1.165) is 14.6 Å². The molecule has 0 amide bonds. The highest BCUT2D eigenvalue weighted by atomic mass is 79.9. The van der Waals surface area contributed by atoms with Crippen LogP contribution in [-0.4, -0.2) is 4.98 Å². The zero-order chi connectivity index (χ0) is 18.4. The smallest absolute Gasteiger partial charge is 0.0750 e. The van der Waals surface area contributed by atoms with Crippen molar-refractivity contribution in [2.75, 3.05) is 0 Å². The predicted molar refractivity (Wildman–Crippen MR) is 115 cm³/mol. The van der Waals surface area contributed by atoms with Crippen molar-refractivity contribution in [3.05, 3.63) is 73.8 Å². The molecule has 130 valence electrons. The van der Waals surface area contributed by atoms with E-state index in [1.54, 1.807) is 0 Å². The number of hydrogen-bond donors (Lipinski definition) is 0. The fraction of sp³-hybridized carbons (Fsp3) is 0.261. The summed E-state index contributed by atoms with van der Waals surface area (Å²) >= 11 is 7.27. The lowest BCUT2D eigenvalue weighted by Gasteiger charge is -2.23. The van der Waals surface area contributed by atoms with Gasteiger partial charge in [-0.3, -0.25) is 4.98 Å². The van der Waals surface area contributed by atoms with Crippen LogP contribution in [0.5, 0.6) is 0 Å². The molecule has 0 atom stereocenters. The first-order chi connectivity index (χ1) is 12.2. The van der Waals surface area contributed by atoms with Gasteiger partial charge in [-0.05, 0) is 52.6 Å². The second-order valence-electron chi connectivity index (χ2n) is 8.41. The van der Waals surface area contributed by atoms with Gasteiger partial charge in [-0.2, -0.15) is 0 Å². The summed E-state index contributed by atoms with van der Waals surface area (Å²) in [6.07, 6.45) is 0. The Morgan fingerprint density at radius 3 is 1.88 bits per heavy atom. The fourth-order valence-electron chi connectivity index (χ4n) is 4.66. The van der Waals surface area contributed by atoms with Crippen LogP contribution in [0.15, 0.2) is 51.4 Å². The normalized spacial score (nSPS) is 17.5. The third-order valence-corrected chi connectivity index (χ3v) is 7.13. The summed E-state index contributed by atoms with van der Waals surface area (Å²) in [7, 11) is 0. The summed E-state index contributed by atoms with van der Waals surface area (Å²) in [6.45, 7) is 9.18. The van der Waals surface area contributed by atoms with Crippen LogP contribution in [0.25, 0.3) is 22.4 Å². The third kappa shape index (κ3) is 1.99. The van der Waals surface area contributed by atoms with Crippen molar-refractivity contribution in [2.24, 2.45) is 0 Å². The molecule has 3 aromatic rings. The van der Waals surface area contributed by atoms with Crippen LogP contribution < -0.4 is 0 Å². The Labute approximate surface area is 171 Å². The summed E-state index contributed by atoms with van der Waals surface area (Å²) < 4.78 is 2.25. The van der Waals surface area contributed by atoms with Crippen molar-refractivity contribution in [3.63, 3.8) is 0 Å². The van der Waals surface area contributed by atoms with Gasteiger partial charge in [0.15, 0.2) is 0 Å². The topological polar surface area (TPSA) is 12.9 Å². The zero-order valence-electron chi connectivity index (χ0n) is 15.2. The number of rotatable bonds is 0. The molecule has 1 aromatic heterocycles. The van der Waals surface area contributed by atoms with Crippen molar-refractivity contribution >= 4 is 31.9 Å². The largest absolute Gasteiger partial charge is 0.251 e. The lowest BCUT2D eigenvalue weighted by molar-refractivity contribution is 0.631. The van der Waals surface area contributed by atoms with E-state index in [1.807, 2.05) is 0 Å². The first-order valence-electron chi connectivity index (χ1n) is 8.88. The SMILES string of the molecule is CC1(C)c2cc(Br)ccc2-c2nc3c(cc21)-c1ccc(Br)cc1C3(C)C. The highest BCUT2D eigenvalue weighted by Gasteiger charge is 2.42. The van der Waals surface area contributed by atoms with Crippen molar-refractivity contribution in [1.29, 1.82) is 0 Å². The summed E-state index contributed by atoms with van der Waals surface area (Å²) in [5.74, 6) is 0. The molecule has 3 heteroatoms. The Kier molecular flexibility index (Phi) is 3.26. The predicted octanol–water partition coefficient (Wildman–Crippen LogP) is 7.22. The third-order valence-electron chi connectivity index (χ3n) is 6.14. The van der Waals surface area contributed by atoms with Crippen LogP contribution >= 0.6 is 31.9 Å². The number of pyridine rings is 1. The first kappa shape index (κ1) is 16.7. The van der Waals surface area contributed by atoms with Gasteiger partial charge >= 0.3 is 0 Å². The lowest BCUT2D eigenvalue weighted by Crippen LogP contribution is -2.18. The standard InChI is InChI=1S/C23H19Br2N/c1-22(2)18-10-13(25)6-8-15(18)20-19(22)11-16-14-7-5-12(24)9-17(14)23(3,4)21(16)26-20/h5-11H,1-4H3. The number of halogens is 2. The van der Waals surface area contributed by atoms with Crippen LogP contribution in [0.4, 0.5) is 0 Å². The van der Waals surface area contributed by atoms with E-state index < -0.39 is 0 Å². The van der Waals surface area contributed by atoms with Gasteiger partial charge in [0.2, 0.25) is 0 Å². The maximum absolute atomic E-state index is 5.27. The number of hydrogen-bond acceptors (Lipinski definition) is 1. The van der Waals surface area contributed by atoms with Gasteiger partial charge in [0, 0.05) is 30.9 Å². The molecule has 0 radical (unpaired) electrons. The molecule has 0 aliphatic heterocycles. The molecule has 5 rings (SSSR count). The van der Waals surface area contributed by atoms with Crippen LogP contribution in [-0.2, 0) is 10.8 Å². The molecule has 2 aromatic carbocycles. The Morgan fingerprint density at radius 1 is 0.654 bits per heavy atom. The van der Waals surface area contributed by atoms with Gasteiger partial charge in [-0.1, -0.05) is 71.7 Å². The molecule has 2 aliphatic rings. The average molecular weight is 469 g/mol. The van der Waals surface area contributed by atoms with Gasteiger partial charge in [-0.25, -0.2) is 0 Å². The zero-order valence-corrected chi connectivity index (χ0v) is 18.4. The molecule has 0 bridgehead atoms. The van der Waals surface area contributed by atoms with E-state index in [-0.39, 0.29) is 10.8 Å². The van der Waals surface area contributed by atoms with Crippen LogP contribution in [0.1, 0.15) is 50.1 Å². The molecule has 1 nitrogen and oxygen atoms in total. The number of nitrogens with zero attached hydrogens (tertiary/aromatic N) is 1. The van der Waals surface area contributed by atoms with Gasteiger partial charge in [0.1, 0.15) is 0 Å². The maximum Gasteiger partial charge on any atom is 0.0750 e. The van der Waals surface area contributed by atoms with Gasteiger partial charge in [0.05, 0.1) is 11.4 Å². The molecule has 26 heavy (non-hydrogen) atoms. The Balaban J connectivity index is 1.84. The van der Waals surface area contributed by atoms with Gasteiger partial charge < -0.3 is 0 Å². The van der Waals surface area contributed by atoms with E-state index >= 15 is 0 Å². The minimum absolute atomic E-state index is 0.0429. The highest BCUT2D eigenvalue weighted by molar-refractivity contribution is 9.10. The number of fused-ring (bicyclic) bond motifs is 6. The molecule has 1 heterocycles. The van der Waals surface area contributed by atoms with E-state index in [0.29, 0.717) is 0 Å². The van der Waals surface area contributed by atoms with Crippen molar-refractivity contribution in [2.45, 2.75) is 38.5 Å². The fourth-order valence-corrected chi connectivity index (χ4v) is 5.38. The summed E-state index contributed by atoms with van der Waals surface area (Å²) in [6, 6.07) is 15.6. The molecular weight excluding hydrogens is 450 g/mol. The van der Waals surface area contributed by atoms with Crippen molar-refractivity contribution < 1.29 is 0 Å². The monoisotopic (exact) mass is 467 g/mol. The van der Waals surface area contributed by atoms with Crippen LogP contribution in [0.2, 0.25) is 0 Å². The molecular formula is C23H19Br2N. The Morgan fingerprint density at radius 2 is 1.23 bits per heavy atom. The Bertz CT molecular complexity index is 1020. The minimum Gasteiger partial charge on any atom is -0.251 e. The van der Waals surface area contributed by atoms with E-state index in [1.165, 1.54) is 39.1 Å². The molecule has 0 spiro atoms. The summed E-state index contributed by atoms with van der Waals surface area (Å²) in [4.78, 5) is 5.27. The molecule has 0 saturated carbocycles. The second-order valence-corrected chi connectivity index (χ2v) is 10.2. The molecule has 2 aliphatic carbocycles. The second kappa shape index (κ2) is 5.08. The minimum atomic E-state index is -0.0915. The quantitative estimate of drug-likeness (QED) is 0.339. The summed E-state index contributed by atoms with van der Waals surface area (Å²) in [5, 5.41) is 0. The number of benzene rings is 2. The van der Waals surface area contributed by atoms with Crippen molar-refractivity contribution in [3.8, 4) is 22.4 Å². The van der Waals surface area contributed by atoms with Gasteiger partial charge in [0.25, 0.3) is 0 Å². The molecule has 0 N–H and O–H groups in total. The number of aromatic nitrogens is 1. The van der Waals surface area contributed by atoms with Crippen LogP contribution in [0.3, 0.4) is 0 Å². The molecule has 0 saturated heterocycles. The van der Waals surface area contributed by atoms with E-state index in [9.17, 15) is 0 Å². The Hall–Kier alpha value is -1.45. The van der Waals surface area contributed by atoms with Crippen LogP contribution in [0, 0.1) is 0 Å². The van der Waals surface area contributed by atoms with E-state index in [2.05, 4.69) is 102 Å². The molecule has 0 unspecified atom stereocenters. The first-order valence-corrected chi connectivity index (χ1v) is 10.5. The maximum atomic E-state index is 5.27. The lowest BCUT2D eigenvalue weighted by atomic mass is 9.82.